The van der Waals surface area contributed by atoms with Gasteiger partial charge in [0, 0.05) is 5.69 Å². The third-order valence-corrected chi connectivity index (χ3v) is 5.09. The first-order valence-electron chi connectivity index (χ1n) is 6.96. The number of nitrogens with zero attached hydrogens (tertiary/aromatic N) is 1. The zero-order valence-corrected chi connectivity index (χ0v) is 15.4. The second kappa shape index (κ2) is 7.42. The first kappa shape index (κ1) is 18.6. The second-order valence-corrected chi connectivity index (χ2v) is 8.00. The molecule has 2 rings (SSSR count). The smallest absolute Gasteiger partial charge is 0.245 e. The summed E-state index contributed by atoms with van der Waals surface area (Å²) in [4.78, 5) is 12.2. The van der Waals surface area contributed by atoms with Crippen LogP contribution in [0, 0.1) is 6.92 Å². The molecule has 0 aliphatic carbocycles. The van der Waals surface area contributed by atoms with E-state index in [1.54, 1.807) is 12.1 Å². The van der Waals surface area contributed by atoms with Crippen molar-refractivity contribution in [2.75, 3.05) is 22.4 Å². The van der Waals surface area contributed by atoms with Gasteiger partial charge in [-0.25, -0.2) is 8.42 Å². The van der Waals surface area contributed by atoms with E-state index in [4.69, 9.17) is 23.2 Å². The van der Waals surface area contributed by atoms with Gasteiger partial charge in [-0.3, -0.25) is 9.10 Å². The fraction of sp³-hybridized carbons (Fsp3) is 0.188. The maximum atomic E-state index is 12.2. The average Bonchev–Trinajstić information content (AvgIpc) is 2.49. The van der Waals surface area contributed by atoms with Crippen molar-refractivity contribution in [3.05, 3.63) is 58.1 Å². The Balaban J connectivity index is 2.21. The highest BCUT2D eigenvalue weighted by Crippen LogP contribution is 2.28. The highest BCUT2D eigenvalue weighted by molar-refractivity contribution is 7.92. The fourth-order valence-corrected chi connectivity index (χ4v) is 3.15. The summed E-state index contributed by atoms with van der Waals surface area (Å²) in [6.45, 7) is 1.56. The molecule has 1 N–H and O–H groups in total. The van der Waals surface area contributed by atoms with E-state index in [-0.39, 0.29) is 17.3 Å². The first-order chi connectivity index (χ1) is 11.2. The molecule has 0 aliphatic heterocycles. The van der Waals surface area contributed by atoms with Gasteiger partial charge < -0.3 is 5.32 Å². The number of amides is 1. The third kappa shape index (κ3) is 4.87. The van der Waals surface area contributed by atoms with Crippen molar-refractivity contribution in [1.29, 1.82) is 0 Å². The molecule has 0 bridgehead atoms. The summed E-state index contributed by atoms with van der Waals surface area (Å²) in [5.74, 6) is -0.463. The minimum atomic E-state index is -3.67. The van der Waals surface area contributed by atoms with Crippen molar-refractivity contribution in [3.8, 4) is 0 Å². The van der Waals surface area contributed by atoms with Gasteiger partial charge in [-0.05, 0) is 37.3 Å². The lowest BCUT2D eigenvalue weighted by molar-refractivity contribution is -0.114. The fourth-order valence-electron chi connectivity index (χ4n) is 2.01. The van der Waals surface area contributed by atoms with Crippen LogP contribution in [0.4, 0.5) is 11.4 Å². The van der Waals surface area contributed by atoms with Crippen LogP contribution in [0.15, 0.2) is 42.5 Å². The van der Waals surface area contributed by atoms with Gasteiger partial charge in [0.25, 0.3) is 0 Å². The summed E-state index contributed by atoms with van der Waals surface area (Å²) >= 11 is 11.8. The molecule has 0 heterocycles. The van der Waals surface area contributed by atoms with Crippen LogP contribution < -0.4 is 9.62 Å². The van der Waals surface area contributed by atoms with Crippen LogP contribution in [0.5, 0.6) is 0 Å². The van der Waals surface area contributed by atoms with Crippen LogP contribution in [-0.4, -0.2) is 27.1 Å². The summed E-state index contributed by atoms with van der Waals surface area (Å²) in [5.41, 5.74) is 1.92. The van der Waals surface area contributed by atoms with Gasteiger partial charge in [-0.15, -0.1) is 0 Å². The highest BCUT2D eigenvalue weighted by atomic mass is 35.5. The van der Waals surface area contributed by atoms with Crippen LogP contribution in [0.25, 0.3) is 0 Å². The van der Waals surface area contributed by atoms with E-state index >= 15 is 0 Å². The number of anilines is 2. The molecule has 0 spiro atoms. The molecule has 24 heavy (non-hydrogen) atoms. The van der Waals surface area contributed by atoms with Gasteiger partial charge >= 0.3 is 0 Å². The maximum absolute atomic E-state index is 12.2. The number of sulfonamides is 1. The summed E-state index contributed by atoms with van der Waals surface area (Å²) in [5, 5.41) is 3.18. The number of hydrogen-bond donors (Lipinski definition) is 1. The minimum Gasteiger partial charge on any atom is -0.325 e. The molecule has 0 saturated carbocycles. The Bertz CT molecular complexity index is 852. The largest absolute Gasteiger partial charge is 0.325 e. The Kier molecular flexibility index (Phi) is 5.74. The lowest BCUT2D eigenvalue weighted by Gasteiger charge is -2.22. The molecule has 0 saturated heterocycles. The molecule has 8 heteroatoms. The van der Waals surface area contributed by atoms with Crippen LogP contribution in [0.3, 0.4) is 0 Å². The van der Waals surface area contributed by atoms with Crippen LogP contribution >= 0.6 is 23.2 Å². The van der Waals surface area contributed by atoms with Gasteiger partial charge in [-0.2, -0.15) is 0 Å². The molecule has 5 nitrogen and oxygen atoms in total. The molecular weight excluding hydrogens is 371 g/mol. The molecule has 128 valence electrons. The Morgan fingerprint density at radius 1 is 1.08 bits per heavy atom. The average molecular weight is 387 g/mol. The number of rotatable bonds is 5. The van der Waals surface area contributed by atoms with E-state index < -0.39 is 15.9 Å². The van der Waals surface area contributed by atoms with Gasteiger partial charge in [0.05, 0.1) is 22.0 Å². The van der Waals surface area contributed by atoms with Crippen LogP contribution in [-0.2, 0) is 14.8 Å². The van der Waals surface area contributed by atoms with E-state index in [9.17, 15) is 13.2 Å². The van der Waals surface area contributed by atoms with E-state index in [1.807, 2.05) is 19.1 Å². The molecule has 0 unspecified atom stereocenters. The number of carbonyl (C=O) groups excluding carboxylic acids is 1. The Hall–Kier alpha value is -1.76. The molecule has 2 aromatic carbocycles. The van der Waals surface area contributed by atoms with Crippen LogP contribution in [0.2, 0.25) is 10.0 Å². The van der Waals surface area contributed by atoms with E-state index in [1.165, 1.54) is 18.2 Å². The maximum Gasteiger partial charge on any atom is 0.245 e. The molecule has 1 amide bonds. The molecule has 0 fully saturated rings. The molecule has 0 atom stereocenters. The number of halogens is 2. The zero-order chi connectivity index (χ0) is 17.9. The van der Waals surface area contributed by atoms with Crippen LogP contribution in [0.1, 0.15) is 5.56 Å². The number of aryl methyl sites for hydroxylation is 1. The van der Waals surface area contributed by atoms with E-state index in [0.717, 1.165) is 16.1 Å². The number of nitrogens with one attached hydrogen (secondary N) is 1. The monoisotopic (exact) mass is 386 g/mol. The van der Waals surface area contributed by atoms with Gasteiger partial charge in [0.1, 0.15) is 6.54 Å². The number of benzene rings is 2. The van der Waals surface area contributed by atoms with E-state index in [0.29, 0.717) is 10.7 Å². The van der Waals surface area contributed by atoms with Crippen molar-refractivity contribution in [2.24, 2.45) is 0 Å². The highest BCUT2D eigenvalue weighted by Gasteiger charge is 2.21. The number of hydrogen-bond acceptors (Lipinski definition) is 3. The number of carbonyl (C=O) groups is 1. The van der Waals surface area contributed by atoms with Crippen molar-refractivity contribution in [1.82, 2.24) is 0 Å². The Morgan fingerprint density at radius 2 is 1.71 bits per heavy atom. The Labute approximate surface area is 151 Å². The summed E-state index contributed by atoms with van der Waals surface area (Å²) < 4.78 is 25.0. The molecular formula is C16H16Cl2N2O3S. The minimum absolute atomic E-state index is 0.210. The van der Waals surface area contributed by atoms with Gasteiger partial charge in [0.15, 0.2) is 0 Å². The Morgan fingerprint density at radius 3 is 2.25 bits per heavy atom. The van der Waals surface area contributed by atoms with Crippen molar-refractivity contribution in [2.45, 2.75) is 6.92 Å². The lowest BCUT2D eigenvalue weighted by atomic mass is 10.2. The molecule has 0 aliphatic rings. The first-order valence-corrected chi connectivity index (χ1v) is 9.56. The normalized spacial score (nSPS) is 11.2. The zero-order valence-electron chi connectivity index (χ0n) is 13.1. The summed E-state index contributed by atoms with van der Waals surface area (Å²) in [6.07, 6.45) is 1.02. The van der Waals surface area contributed by atoms with Gasteiger partial charge in [0.2, 0.25) is 15.9 Å². The van der Waals surface area contributed by atoms with Gasteiger partial charge in [-0.1, -0.05) is 40.9 Å². The summed E-state index contributed by atoms with van der Waals surface area (Å²) in [7, 11) is -3.67. The quantitative estimate of drug-likeness (QED) is 0.851. The van der Waals surface area contributed by atoms with E-state index in [2.05, 4.69) is 5.32 Å². The van der Waals surface area contributed by atoms with Crippen molar-refractivity contribution in [3.63, 3.8) is 0 Å². The predicted molar refractivity (Wildman–Crippen MR) is 98.5 cm³/mol. The second-order valence-electron chi connectivity index (χ2n) is 5.28. The topological polar surface area (TPSA) is 66.5 Å². The molecule has 2 aromatic rings. The van der Waals surface area contributed by atoms with Crippen molar-refractivity contribution >= 4 is 50.5 Å². The predicted octanol–water partition coefficient (Wildman–Crippen LogP) is 3.71. The molecule has 0 aromatic heterocycles. The third-order valence-electron chi connectivity index (χ3n) is 3.21. The SMILES string of the molecule is Cc1ccc(NC(=O)CN(c2ccc(Cl)c(Cl)c2)S(C)(=O)=O)cc1. The summed E-state index contributed by atoms with van der Waals surface area (Å²) in [6, 6.07) is 11.6. The lowest BCUT2D eigenvalue weighted by Crippen LogP contribution is -2.37. The standard InChI is InChI=1S/C16H16Cl2N2O3S/c1-11-3-5-12(6-4-11)19-16(21)10-20(24(2,22)23)13-7-8-14(17)15(18)9-13/h3-9H,10H2,1-2H3,(H,19,21). The van der Waals surface area contributed by atoms with Crippen molar-refractivity contribution < 1.29 is 13.2 Å². The molecule has 0 radical (unpaired) electrons.